The van der Waals surface area contributed by atoms with E-state index in [9.17, 15) is 9.90 Å². The third-order valence-electron chi connectivity index (χ3n) is 2.81. The number of phenols is 1. The first-order valence-corrected chi connectivity index (χ1v) is 5.75. The van der Waals surface area contributed by atoms with Crippen LogP contribution < -0.4 is 11.2 Å². The SMILES string of the molecule is CC1(C)COB(c2ccc(O)c(C(N)=O)c2)OC1. The van der Waals surface area contributed by atoms with Crippen LogP contribution in [0.3, 0.4) is 0 Å². The van der Waals surface area contributed by atoms with Gasteiger partial charge in [0.25, 0.3) is 5.91 Å². The lowest BCUT2D eigenvalue weighted by molar-refractivity contribution is 0.0343. The van der Waals surface area contributed by atoms with Gasteiger partial charge in [0.05, 0.1) is 5.56 Å². The molecule has 1 aliphatic rings. The Morgan fingerprint density at radius 3 is 2.56 bits per heavy atom. The van der Waals surface area contributed by atoms with E-state index in [1.807, 2.05) is 0 Å². The van der Waals surface area contributed by atoms with Crippen LogP contribution in [0.5, 0.6) is 5.75 Å². The van der Waals surface area contributed by atoms with Gasteiger partial charge in [-0.2, -0.15) is 0 Å². The summed E-state index contributed by atoms with van der Waals surface area (Å²) >= 11 is 0. The second-order valence-electron chi connectivity index (χ2n) is 5.26. The highest BCUT2D eigenvalue weighted by atomic mass is 16.6. The molecule has 1 heterocycles. The molecule has 5 nitrogen and oxygen atoms in total. The van der Waals surface area contributed by atoms with Gasteiger partial charge in [0.1, 0.15) is 5.75 Å². The number of aromatic hydroxyl groups is 1. The first-order valence-electron chi connectivity index (χ1n) is 5.75. The quantitative estimate of drug-likeness (QED) is 0.736. The van der Waals surface area contributed by atoms with Crippen LogP contribution in [0.4, 0.5) is 0 Å². The largest absolute Gasteiger partial charge is 0.507 e. The molecule has 1 saturated heterocycles. The zero-order chi connectivity index (χ0) is 13.3. The molecule has 1 aliphatic heterocycles. The summed E-state index contributed by atoms with van der Waals surface area (Å²) in [4.78, 5) is 11.1. The minimum absolute atomic E-state index is 0.0140. The molecule has 2 rings (SSSR count). The van der Waals surface area contributed by atoms with E-state index in [1.54, 1.807) is 6.07 Å². The Hall–Kier alpha value is -1.53. The topological polar surface area (TPSA) is 81.8 Å². The minimum atomic E-state index is -0.675. The average molecular weight is 249 g/mol. The van der Waals surface area contributed by atoms with Gasteiger partial charge in [0.15, 0.2) is 0 Å². The van der Waals surface area contributed by atoms with Crippen molar-refractivity contribution >= 4 is 18.5 Å². The summed E-state index contributed by atoms with van der Waals surface area (Å²) in [7, 11) is -0.517. The highest BCUT2D eigenvalue weighted by molar-refractivity contribution is 6.61. The van der Waals surface area contributed by atoms with E-state index in [2.05, 4.69) is 13.8 Å². The maximum atomic E-state index is 11.1. The second kappa shape index (κ2) is 4.63. The van der Waals surface area contributed by atoms with E-state index in [0.29, 0.717) is 18.7 Å². The van der Waals surface area contributed by atoms with Gasteiger partial charge in [-0.05, 0) is 17.6 Å². The Balaban J connectivity index is 2.20. The summed E-state index contributed by atoms with van der Waals surface area (Å²) in [6.07, 6.45) is 0. The molecular weight excluding hydrogens is 233 g/mol. The van der Waals surface area contributed by atoms with Crippen molar-refractivity contribution in [1.82, 2.24) is 0 Å². The zero-order valence-corrected chi connectivity index (χ0v) is 10.5. The fourth-order valence-corrected chi connectivity index (χ4v) is 1.78. The van der Waals surface area contributed by atoms with Crippen LogP contribution in [0.2, 0.25) is 0 Å². The summed E-state index contributed by atoms with van der Waals surface area (Å²) in [5.74, 6) is -0.812. The van der Waals surface area contributed by atoms with Gasteiger partial charge in [0.2, 0.25) is 0 Å². The van der Waals surface area contributed by atoms with Crippen molar-refractivity contribution in [2.45, 2.75) is 13.8 Å². The van der Waals surface area contributed by atoms with E-state index in [4.69, 9.17) is 15.0 Å². The van der Waals surface area contributed by atoms with E-state index >= 15 is 0 Å². The first-order chi connectivity index (χ1) is 8.39. The molecule has 96 valence electrons. The third-order valence-corrected chi connectivity index (χ3v) is 2.81. The van der Waals surface area contributed by atoms with Crippen LogP contribution in [0, 0.1) is 5.41 Å². The Labute approximate surface area is 106 Å². The second-order valence-corrected chi connectivity index (χ2v) is 5.26. The molecule has 0 radical (unpaired) electrons. The van der Waals surface area contributed by atoms with Crippen molar-refractivity contribution in [3.8, 4) is 5.75 Å². The molecule has 0 aliphatic carbocycles. The average Bonchev–Trinajstić information content (AvgIpc) is 2.30. The van der Waals surface area contributed by atoms with Gasteiger partial charge in [-0.3, -0.25) is 4.79 Å². The molecule has 3 N–H and O–H groups in total. The number of primary amides is 1. The van der Waals surface area contributed by atoms with Gasteiger partial charge in [-0.25, -0.2) is 0 Å². The molecule has 1 amide bonds. The molecule has 0 aromatic heterocycles. The van der Waals surface area contributed by atoms with Gasteiger partial charge in [-0.15, -0.1) is 0 Å². The monoisotopic (exact) mass is 249 g/mol. The van der Waals surface area contributed by atoms with E-state index in [-0.39, 0.29) is 16.7 Å². The molecule has 6 heteroatoms. The Morgan fingerprint density at radius 1 is 1.39 bits per heavy atom. The normalized spacial score (nSPS) is 18.7. The zero-order valence-electron chi connectivity index (χ0n) is 10.5. The number of nitrogens with two attached hydrogens (primary N) is 1. The maximum Gasteiger partial charge on any atom is 0.493 e. The predicted molar refractivity (Wildman–Crippen MR) is 67.7 cm³/mol. The first kappa shape index (κ1) is 12.9. The molecule has 0 bridgehead atoms. The lowest BCUT2D eigenvalue weighted by atomic mass is 9.75. The summed E-state index contributed by atoms with van der Waals surface area (Å²) in [5, 5.41) is 9.50. The lowest BCUT2D eigenvalue weighted by Gasteiger charge is -2.33. The number of rotatable bonds is 2. The number of amides is 1. The number of carbonyl (C=O) groups is 1. The molecule has 1 aromatic rings. The molecule has 0 saturated carbocycles. The number of carbonyl (C=O) groups excluding carboxylic acids is 1. The third kappa shape index (κ3) is 2.65. The predicted octanol–water partition coefficient (Wildman–Crippen LogP) is 0.259. The molecule has 0 atom stereocenters. The fourth-order valence-electron chi connectivity index (χ4n) is 1.78. The minimum Gasteiger partial charge on any atom is -0.507 e. The smallest absolute Gasteiger partial charge is 0.493 e. The van der Waals surface area contributed by atoms with E-state index in [0.717, 1.165) is 0 Å². The van der Waals surface area contributed by atoms with Gasteiger partial charge >= 0.3 is 7.12 Å². The summed E-state index contributed by atoms with van der Waals surface area (Å²) in [6, 6.07) is 4.58. The van der Waals surface area contributed by atoms with Crippen LogP contribution in [-0.4, -0.2) is 31.3 Å². The Kier molecular flexibility index (Phi) is 3.32. The van der Waals surface area contributed by atoms with Crippen molar-refractivity contribution in [3.63, 3.8) is 0 Å². The molecule has 18 heavy (non-hydrogen) atoms. The van der Waals surface area contributed by atoms with Crippen molar-refractivity contribution in [2.24, 2.45) is 11.1 Å². The van der Waals surface area contributed by atoms with Crippen molar-refractivity contribution in [2.75, 3.05) is 13.2 Å². The molecule has 1 aromatic carbocycles. The molecule has 1 fully saturated rings. The Morgan fingerprint density at radius 2 is 2.00 bits per heavy atom. The van der Waals surface area contributed by atoms with Crippen LogP contribution in [-0.2, 0) is 9.31 Å². The number of benzene rings is 1. The van der Waals surface area contributed by atoms with Crippen LogP contribution in [0.15, 0.2) is 18.2 Å². The van der Waals surface area contributed by atoms with E-state index in [1.165, 1.54) is 12.1 Å². The Bertz CT molecular complexity index is 465. The van der Waals surface area contributed by atoms with Crippen molar-refractivity contribution < 1.29 is 19.2 Å². The van der Waals surface area contributed by atoms with Gasteiger partial charge in [0, 0.05) is 18.6 Å². The highest BCUT2D eigenvalue weighted by Crippen LogP contribution is 2.22. The summed E-state index contributed by atoms with van der Waals surface area (Å²) < 4.78 is 11.2. The van der Waals surface area contributed by atoms with Crippen LogP contribution in [0.25, 0.3) is 0 Å². The fraction of sp³-hybridized carbons (Fsp3) is 0.417. The van der Waals surface area contributed by atoms with Crippen LogP contribution >= 0.6 is 0 Å². The molecule has 0 spiro atoms. The van der Waals surface area contributed by atoms with Crippen LogP contribution in [0.1, 0.15) is 24.2 Å². The maximum absolute atomic E-state index is 11.1. The molecule has 0 unspecified atom stereocenters. The summed E-state index contributed by atoms with van der Waals surface area (Å²) in [6.45, 7) is 5.25. The van der Waals surface area contributed by atoms with Gasteiger partial charge < -0.3 is 20.1 Å². The number of hydrogen-bond donors (Lipinski definition) is 2. The van der Waals surface area contributed by atoms with Gasteiger partial charge in [-0.1, -0.05) is 19.9 Å². The number of hydrogen-bond acceptors (Lipinski definition) is 4. The lowest BCUT2D eigenvalue weighted by Crippen LogP contribution is -2.47. The van der Waals surface area contributed by atoms with Crippen molar-refractivity contribution in [3.05, 3.63) is 23.8 Å². The molecular formula is C12H16BNO4. The highest BCUT2D eigenvalue weighted by Gasteiger charge is 2.33. The van der Waals surface area contributed by atoms with Crippen molar-refractivity contribution in [1.29, 1.82) is 0 Å². The summed E-state index contributed by atoms with van der Waals surface area (Å²) in [5.41, 5.74) is 5.91. The van der Waals surface area contributed by atoms with E-state index < -0.39 is 13.0 Å². The standard InChI is InChI=1S/C12H16BNO4/c1-12(2)6-17-13(18-7-12)8-3-4-10(15)9(5-8)11(14)16/h3-5,15H,6-7H2,1-2H3,(H2,14,16).